The molecule has 0 aliphatic heterocycles. The molecule has 1 heterocycles. The maximum Gasteiger partial charge on any atom is 0.191 e. The molecule has 0 saturated heterocycles. The maximum absolute atomic E-state index is 9.98. The van der Waals surface area contributed by atoms with Gasteiger partial charge in [0.25, 0.3) is 0 Å². The summed E-state index contributed by atoms with van der Waals surface area (Å²) in [4.78, 5) is 8.08. The summed E-state index contributed by atoms with van der Waals surface area (Å²) in [5.74, 6) is 1.12. The van der Waals surface area contributed by atoms with E-state index in [1.807, 2.05) is 30.3 Å². The molecule has 2 rings (SSSR count). The van der Waals surface area contributed by atoms with Crippen LogP contribution in [0.25, 0.3) is 0 Å². The Morgan fingerprint density at radius 1 is 1.11 bits per heavy atom. The molecule has 1 unspecified atom stereocenters. The molecule has 0 aliphatic rings. The number of nitrogens with two attached hydrogens (primary N) is 2. The fourth-order valence-corrected chi connectivity index (χ4v) is 2.29. The van der Waals surface area contributed by atoms with Gasteiger partial charge < -0.3 is 16.6 Å². The second-order valence-corrected chi connectivity index (χ2v) is 4.72. The van der Waals surface area contributed by atoms with Gasteiger partial charge in [0.2, 0.25) is 0 Å². The monoisotopic (exact) mass is 262 g/mol. The largest absolute Gasteiger partial charge is 0.388 e. The van der Waals surface area contributed by atoms with Crippen molar-refractivity contribution >= 4 is 23.4 Å². The van der Waals surface area contributed by atoms with Crippen LogP contribution in [-0.4, -0.2) is 20.8 Å². The molecule has 5 nitrogen and oxygen atoms in total. The summed E-state index contributed by atoms with van der Waals surface area (Å²) in [5, 5.41) is 10.5. The summed E-state index contributed by atoms with van der Waals surface area (Å²) in [5.41, 5.74) is 12.0. The molecule has 0 aliphatic carbocycles. The van der Waals surface area contributed by atoms with Crippen molar-refractivity contribution in [2.24, 2.45) is 0 Å². The quantitative estimate of drug-likeness (QED) is 0.570. The Kier molecular flexibility index (Phi) is 4.01. The molecule has 1 aromatic carbocycles. The fraction of sp³-hybridized carbons (Fsp3) is 0.167. The molecule has 5 N–H and O–H groups in total. The molecule has 0 radical (unpaired) electrons. The number of rotatable bonds is 4. The van der Waals surface area contributed by atoms with Crippen LogP contribution in [0.4, 0.5) is 11.6 Å². The van der Waals surface area contributed by atoms with E-state index in [0.717, 1.165) is 5.56 Å². The lowest BCUT2D eigenvalue weighted by atomic mass is 10.1. The molecule has 1 atom stereocenters. The molecule has 6 heteroatoms. The zero-order valence-electron chi connectivity index (χ0n) is 9.65. The predicted molar refractivity (Wildman–Crippen MR) is 73.0 cm³/mol. The van der Waals surface area contributed by atoms with E-state index >= 15 is 0 Å². The first-order valence-corrected chi connectivity index (χ1v) is 6.39. The number of aliphatic hydroxyl groups is 1. The van der Waals surface area contributed by atoms with E-state index < -0.39 is 6.10 Å². The predicted octanol–water partition coefficient (Wildman–Crippen LogP) is 1.47. The minimum Gasteiger partial charge on any atom is -0.388 e. The second-order valence-electron chi connectivity index (χ2n) is 3.74. The lowest BCUT2D eigenvalue weighted by Crippen LogP contribution is -2.03. The Bertz CT molecular complexity index is 500. The summed E-state index contributed by atoms with van der Waals surface area (Å²) in [7, 11) is 0. The minimum atomic E-state index is -0.567. The summed E-state index contributed by atoms with van der Waals surface area (Å²) < 4.78 is 0. The molecular formula is C12H14N4OS. The maximum atomic E-state index is 9.98. The van der Waals surface area contributed by atoms with Crippen molar-refractivity contribution in [1.82, 2.24) is 9.97 Å². The topological polar surface area (TPSA) is 98.1 Å². The van der Waals surface area contributed by atoms with Crippen molar-refractivity contribution in [3.63, 3.8) is 0 Å². The van der Waals surface area contributed by atoms with E-state index in [1.165, 1.54) is 17.8 Å². The van der Waals surface area contributed by atoms with E-state index in [4.69, 9.17) is 11.5 Å². The van der Waals surface area contributed by atoms with Crippen LogP contribution < -0.4 is 11.5 Å². The second kappa shape index (κ2) is 5.70. The average Bonchev–Trinajstić information content (AvgIpc) is 2.36. The van der Waals surface area contributed by atoms with Crippen LogP contribution in [0.3, 0.4) is 0 Å². The Hall–Kier alpha value is -1.79. The van der Waals surface area contributed by atoms with Gasteiger partial charge in [-0.2, -0.15) is 0 Å². The first-order chi connectivity index (χ1) is 8.65. The molecule has 0 spiro atoms. The third-order valence-corrected chi connectivity index (χ3v) is 3.22. The van der Waals surface area contributed by atoms with Crippen LogP contribution in [0.2, 0.25) is 0 Å². The van der Waals surface area contributed by atoms with E-state index in [9.17, 15) is 5.11 Å². The molecule has 2 aromatic rings. The highest BCUT2D eigenvalue weighted by atomic mass is 32.2. The van der Waals surface area contributed by atoms with E-state index in [2.05, 4.69) is 9.97 Å². The first-order valence-electron chi connectivity index (χ1n) is 5.41. The van der Waals surface area contributed by atoms with Crippen molar-refractivity contribution in [3.05, 3.63) is 42.0 Å². The van der Waals surface area contributed by atoms with Gasteiger partial charge in [-0.15, -0.1) is 0 Å². The van der Waals surface area contributed by atoms with Crippen molar-refractivity contribution in [3.8, 4) is 0 Å². The van der Waals surface area contributed by atoms with Gasteiger partial charge in [0.1, 0.15) is 11.6 Å². The van der Waals surface area contributed by atoms with Crippen molar-refractivity contribution in [2.45, 2.75) is 11.3 Å². The molecule has 18 heavy (non-hydrogen) atoms. The van der Waals surface area contributed by atoms with Crippen LogP contribution in [0.15, 0.2) is 41.6 Å². The Labute approximate surface area is 109 Å². The van der Waals surface area contributed by atoms with E-state index in [0.29, 0.717) is 22.5 Å². The molecule has 94 valence electrons. The van der Waals surface area contributed by atoms with Gasteiger partial charge in [0.15, 0.2) is 5.16 Å². The normalized spacial score (nSPS) is 12.3. The van der Waals surface area contributed by atoms with Gasteiger partial charge in [-0.05, 0) is 5.56 Å². The average molecular weight is 262 g/mol. The van der Waals surface area contributed by atoms with Crippen molar-refractivity contribution in [1.29, 1.82) is 0 Å². The molecule has 0 saturated carbocycles. The highest BCUT2D eigenvalue weighted by Crippen LogP contribution is 2.23. The van der Waals surface area contributed by atoms with Gasteiger partial charge in [-0.25, -0.2) is 9.97 Å². The van der Waals surface area contributed by atoms with Gasteiger partial charge in [0, 0.05) is 11.8 Å². The lowest BCUT2D eigenvalue weighted by molar-refractivity contribution is 0.204. The first kappa shape index (κ1) is 12.7. The van der Waals surface area contributed by atoms with Gasteiger partial charge >= 0.3 is 0 Å². The Balaban J connectivity index is 1.99. The Morgan fingerprint density at radius 2 is 1.72 bits per heavy atom. The molecular weight excluding hydrogens is 248 g/mol. The van der Waals surface area contributed by atoms with E-state index in [-0.39, 0.29) is 0 Å². The number of aromatic nitrogens is 2. The summed E-state index contributed by atoms with van der Waals surface area (Å²) in [6.45, 7) is 0. The van der Waals surface area contributed by atoms with Gasteiger partial charge in [-0.3, -0.25) is 0 Å². The zero-order valence-corrected chi connectivity index (χ0v) is 10.5. The van der Waals surface area contributed by atoms with Crippen LogP contribution in [0, 0.1) is 0 Å². The number of nitrogen functional groups attached to an aromatic ring is 2. The number of aliphatic hydroxyl groups excluding tert-OH is 1. The summed E-state index contributed by atoms with van der Waals surface area (Å²) >= 11 is 1.32. The smallest absolute Gasteiger partial charge is 0.191 e. The van der Waals surface area contributed by atoms with Crippen molar-refractivity contribution < 1.29 is 5.11 Å². The number of nitrogens with zero attached hydrogens (tertiary/aromatic N) is 2. The van der Waals surface area contributed by atoms with E-state index in [1.54, 1.807) is 0 Å². The Morgan fingerprint density at radius 3 is 2.33 bits per heavy atom. The summed E-state index contributed by atoms with van der Waals surface area (Å²) in [6.07, 6.45) is -0.567. The third-order valence-electron chi connectivity index (χ3n) is 2.30. The lowest BCUT2D eigenvalue weighted by Gasteiger charge is -2.09. The zero-order chi connectivity index (χ0) is 13.0. The SMILES string of the molecule is Nc1cc(N)nc(SCC(O)c2ccccc2)n1. The standard InChI is InChI=1S/C12H14N4OS/c13-10-6-11(14)16-12(15-10)18-7-9(17)8-4-2-1-3-5-8/h1-6,9,17H,7H2,(H4,13,14,15,16). The summed E-state index contributed by atoms with van der Waals surface area (Å²) in [6, 6.07) is 10.9. The van der Waals surface area contributed by atoms with Crippen LogP contribution in [0.5, 0.6) is 0 Å². The highest BCUT2D eigenvalue weighted by Gasteiger charge is 2.09. The molecule has 1 aromatic heterocycles. The number of hydrogen-bond acceptors (Lipinski definition) is 6. The van der Waals surface area contributed by atoms with Gasteiger partial charge in [-0.1, -0.05) is 42.1 Å². The third kappa shape index (κ3) is 3.35. The fourth-order valence-electron chi connectivity index (χ4n) is 1.45. The molecule has 0 bridgehead atoms. The van der Waals surface area contributed by atoms with Crippen LogP contribution in [0.1, 0.15) is 11.7 Å². The number of benzene rings is 1. The van der Waals surface area contributed by atoms with Crippen molar-refractivity contribution in [2.75, 3.05) is 17.2 Å². The van der Waals surface area contributed by atoms with Crippen LogP contribution in [-0.2, 0) is 0 Å². The number of thioether (sulfide) groups is 1. The molecule has 0 amide bonds. The molecule has 0 fully saturated rings. The minimum absolute atomic E-state index is 0.333. The van der Waals surface area contributed by atoms with Crippen LogP contribution >= 0.6 is 11.8 Å². The van der Waals surface area contributed by atoms with Gasteiger partial charge in [0.05, 0.1) is 6.10 Å². The number of anilines is 2. The highest BCUT2D eigenvalue weighted by molar-refractivity contribution is 7.99. The number of hydrogen-bond donors (Lipinski definition) is 3.